The van der Waals surface area contributed by atoms with Crippen molar-refractivity contribution in [1.82, 2.24) is 14.5 Å². The molecule has 2 amide bonds. The molecular formula is C22H27ClN4O5S. The number of methoxy groups -OCH3 is 1. The zero-order chi connectivity index (χ0) is 24.2. The molecule has 3 rings (SSSR count). The van der Waals surface area contributed by atoms with Crippen molar-refractivity contribution in [2.24, 2.45) is 0 Å². The standard InChI is InChI=1S/C22H27ClN4O5S/c1-15(25-33(30,31)20-14-17(23)6-9-19(20)32-3)21(28)24-18-7-4-16(5-8-18)22(29)27-12-10-26(2)11-13-27/h4-9,14-15,25H,10-13H2,1-3H3,(H,24,28)/t15-/m1/s1. The Balaban J connectivity index is 1.63. The third-order valence-electron chi connectivity index (χ3n) is 5.33. The first kappa shape index (κ1) is 25.0. The quantitative estimate of drug-likeness (QED) is 0.610. The Morgan fingerprint density at radius 2 is 1.70 bits per heavy atom. The second kappa shape index (κ2) is 10.5. The van der Waals surface area contributed by atoms with Crippen LogP contribution in [0.5, 0.6) is 5.75 Å². The van der Waals surface area contributed by atoms with Crippen molar-refractivity contribution in [3.8, 4) is 5.75 Å². The first-order valence-corrected chi connectivity index (χ1v) is 12.2. The van der Waals surface area contributed by atoms with Gasteiger partial charge in [-0.05, 0) is 56.4 Å². The number of piperazine rings is 1. The molecule has 1 aliphatic rings. The smallest absolute Gasteiger partial charge is 0.253 e. The first-order chi connectivity index (χ1) is 15.6. The summed E-state index contributed by atoms with van der Waals surface area (Å²) in [5.74, 6) is -0.504. The summed E-state index contributed by atoms with van der Waals surface area (Å²) in [4.78, 5) is 29.0. The van der Waals surface area contributed by atoms with Gasteiger partial charge in [-0.2, -0.15) is 4.72 Å². The summed E-state index contributed by atoms with van der Waals surface area (Å²) in [6.07, 6.45) is 0. The molecule has 2 N–H and O–H groups in total. The Hall–Kier alpha value is -2.66. The fourth-order valence-electron chi connectivity index (χ4n) is 3.35. The summed E-state index contributed by atoms with van der Waals surface area (Å²) in [5.41, 5.74) is 0.973. The van der Waals surface area contributed by atoms with Gasteiger partial charge in [0, 0.05) is 42.5 Å². The van der Waals surface area contributed by atoms with Crippen LogP contribution in [0, 0.1) is 0 Å². The highest BCUT2D eigenvalue weighted by atomic mass is 35.5. The molecule has 1 atom stereocenters. The van der Waals surface area contributed by atoms with Crippen molar-refractivity contribution < 1.29 is 22.7 Å². The monoisotopic (exact) mass is 494 g/mol. The van der Waals surface area contributed by atoms with E-state index in [9.17, 15) is 18.0 Å². The highest BCUT2D eigenvalue weighted by Crippen LogP contribution is 2.27. The van der Waals surface area contributed by atoms with Gasteiger partial charge in [0.2, 0.25) is 15.9 Å². The van der Waals surface area contributed by atoms with E-state index in [0.29, 0.717) is 24.3 Å². The molecular weight excluding hydrogens is 468 g/mol. The van der Waals surface area contributed by atoms with E-state index < -0.39 is 22.0 Å². The fraction of sp³-hybridized carbons (Fsp3) is 0.364. The van der Waals surface area contributed by atoms with Crippen LogP contribution in [0.3, 0.4) is 0 Å². The van der Waals surface area contributed by atoms with Crippen LogP contribution in [-0.4, -0.2) is 76.4 Å². The number of carbonyl (C=O) groups is 2. The molecule has 0 saturated carbocycles. The number of amides is 2. The third kappa shape index (κ3) is 6.23. The molecule has 178 valence electrons. The molecule has 1 saturated heterocycles. The second-order valence-electron chi connectivity index (χ2n) is 7.80. The number of rotatable bonds is 7. The topological polar surface area (TPSA) is 108 Å². The van der Waals surface area contributed by atoms with E-state index in [1.165, 1.54) is 32.2 Å². The number of ether oxygens (including phenoxy) is 1. The van der Waals surface area contributed by atoms with E-state index >= 15 is 0 Å². The zero-order valence-corrected chi connectivity index (χ0v) is 20.2. The van der Waals surface area contributed by atoms with E-state index in [2.05, 4.69) is 14.9 Å². The van der Waals surface area contributed by atoms with Gasteiger partial charge < -0.3 is 19.9 Å². The number of halogens is 1. The largest absolute Gasteiger partial charge is 0.495 e. The Labute approximate surface area is 198 Å². The molecule has 11 heteroatoms. The Morgan fingerprint density at radius 3 is 2.30 bits per heavy atom. The molecule has 0 unspecified atom stereocenters. The van der Waals surface area contributed by atoms with Crippen molar-refractivity contribution in [3.63, 3.8) is 0 Å². The Kier molecular flexibility index (Phi) is 7.96. The maximum atomic E-state index is 12.7. The predicted molar refractivity (Wildman–Crippen MR) is 126 cm³/mol. The molecule has 0 radical (unpaired) electrons. The van der Waals surface area contributed by atoms with Crippen LogP contribution in [0.25, 0.3) is 0 Å². The number of anilines is 1. The highest BCUT2D eigenvalue weighted by Gasteiger charge is 2.26. The van der Waals surface area contributed by atoms with E-state index in [1.54, 1.807) is 29.2 Å². The average Bonchev–Trinajstić information content (AvgIpc) is 2.79. The Morgan fingerprint density at radius 1 is 1.06 bits per heavy atom. The van der Waals surface area contributed by atoms with Crippen LogP contribution in [0.4, 0.5) is 5.69 Å². The molecule has 0 aromatic heterocycles. The number of nitrogens with zero attached hydrogens (tertiary/aromatic N) is 2. The molecule has 0 aliphatic carbocycles. The fourth-order valence-corrected chi connectivity index (χ4v) is 4.98. The van der Waals surface area contributed by atoms with E-state index in [0.717, 1.165) is 13.1 Å². The number of benzene rings is 2. The zero-order valence-electron chi connectivity index (χ0n) is 18.7. The highest BCUT2D eigenvalue weighted by molar-refractivity contribution is 7.89. The summed E-state index contributed by atoms with van der Waals surface area (Å²) < 4.78 is 32.9. The summed E-state index contributed by atoms with van der Waals surface area (Å²) >= 11 is 5.92. The maximum absolute atomic E-state index is 12.7. The number of sulfonamides is 1. The minimum absolute atomic E-state index is 0.0578. The van der Waals surface area contributed by atoms with Gasteiger partial charge in [-0.15, -0.1) is 0 Å². The minimum atomic E-state index is -4.07. The maximum Gasteiger partial charge on any atom is 0.253 e. The lowest BCUT2D eigenvalue weighted by atomic mass is 10.1. The summed E-state index contributed by atoms with van der Waals surface area (Å²) in [6.45, 7) is 4.42. The van der Waals surface area contributed by atoms with Crippen LogP contribution in [0.15, 0.2) is 47.4 Å². The number of hydrogen-bond acceptors (Lipinski definition) is 6. The second-order valence-corrected chi connectivity index (χ2v) is 9.92. The molecule has 1 aliphatic heterocycles. The molecule has 1 fully saturated rings. The number of nitrogens with one attached hydrogen (secondary N) is 2. The molecule has 33 heavy (non-hydrogen) atoms. The van der Waals surface area contributed by atoms with Crippen LogP contribution in [-0.2, 0) is 14.8 Å². The van der Waals surface area contributed by atoms with Crippen molar-refractivity contribution in [1.29, 1.82) is 0 Å². The van der Waals surface area contributed by atoms with Gasteiger partial charge in [-0.25, -0.2) is 8.42 Å². The summed E-state index contributed by atoms with van der Waals surface area (Å²) in [6, 6.07) is 9.63. The van der Waals surface area contributed by atoms with Gasteiger partial charge in [-0.1, -0.05) is 11.6 Å². The third-order valence-corrected chi connectivity index (χ3v) is 7.13. The molecule has 9 nitrogen and oxygen atoms in total. The van der Waals surface area contributed by atoms with E-state index in [4.69, 9.17) is 16.3 Å². The SMILES string of the molecule is COc1ccc(Cl)cc1S(=O)(=O)N[C@H](C)C(=O)Nc1ccc(C(=O)N2CCN(C)CC2)cc1. The van der Waals surface area contributed by atoms with Crippen molar-refractivity contribution in [3.05, 3.63) is 53.1 Å². The number of carbonyl (C=O) groups excluding carboxylic acids is 2. The van der Waals surface area contributed by atoms with Gasteiger partial charge in [0.05, 0.1) is 13.2 Å². The van der Waals surface area contributed by atoms with E-state index in [1.807, 2.05) is 7.05 Å². The summed E-state index contributed by atoms with van der Waals surface area (Å²) in [7, 11) is -0.707. The lowest BCUT2D eigenvalue weighted by Crippen LogP contribution is -2.47. The number of hydrogen-bond donors (Lipinski definition) is 2. The van der Waals surface area contributed by atoms with E-state index in [-0.39, 0.29) is 21.6 Å². The molecule has 2 aromatic carbocycles. The number of likely N-dealkylation sites (N-methyl/N-ethyl adjacent to an activating group) is 1. The molecule has 0 bridgehead atoms. The average molecular weight is 495 g/mol. The van der Waals surface area contributed by atoms with Crippen molar-refractivity contribution >= 4 is 39.1 Å². The lowest BCUT2D eigenvalue weighted by molar-refractivity contribution is -0.117. The molecule has 0 spiro atoms. The molecule has 1 heterocycles. The van der Waals surface area contributed by atoms with Gasteiger partial charge in [-0.3, -0.25) is 9.59 Å². The normalized spacial score (nSPS) is 15.7. The van der Waals surface area contributed by atoms with Gasteiger partial charge in [0.15, 0.2) is 0 Å². The van der Waals surface area contributed by atoms with Gasteiger partial charge in [0.1, 0.15) is 10.6 Å². The van der Waals surface area contributed by atoms with Crippen LogP contribution in [0.2, 0.25) is 5.02 Å². The predicted octanol–water partition coefficient (Wildman–Crippen LogP) is 2.04. The Bertz CT molecular complexity index is 1120. The minimum Gasteiger partial charge on any atom is -0.495 e. The lowest BCUT2D eigenvalue weighted by Gasteiger charge is -2.32. The van der Waals surface area contributed by atoms with Gasteiger partial charge in [0.25, 0.3) is 5.91 Å². The van der Waals surface area contributed by atoms with Crippen LogP contribution < -0.4 is 14.8 Å². The van der Waals surface area contributed by atoms with Crippen molar-refractivity contribution in [2.45, 2.75) is 17.9 Å². The van der Waals surface area contributed by atoms with Gasteiger partial charge >= 0.3 is 0 Å². The van der Waals surface area contributed by atoms with Crippen LogP contribution >= 0.6 is 11.6 Å². The van der Waals surface area contributed by atoms with Crippen LogP contribution in [0.1, 0.15) is 17.3 Å². The van der Waals surface area contributed by atoms with Crippen molar-refractivity contribution in [2.75, 3.05) is 45.7 Å². The first-order valence-electron chi connectivity index (χ1n) is 10.4. The summed E-state index contributed by atoms with van der Waals surface area (Å²) in [5, 5.41) is 2.87. The molecule has 2 aromatic rings.